The number of halogens is 3. The summed E-state index contributed by atoms with van der Waals surface area (Å²) in [5.41, 5.74) is -0.428. The Hall–Kier alpha value is -1.57. The molecule has 1 amide bonds. The predicted octanol–water partition coefficient (Wildman–Crippen LogP) is 2.26. The average molecular weight is 321 g/mol. The van der Waals surface area contributed by atoms with Crippen LogP contribution in [0.1, 0.15) is 19.3 Å². The molecule has 0 aliphatic carbocycles. The monoisotopic (exact) mass is 321 g/mol. The Labute approximate surface area is 120 Å². The zero-order valence-corrected chi connectivity index (χ0v) is 11.9. The Morgan fingerprint density at radius 3 is 2.38 bits per heavy atom. The van der Waals surface area contributed by atoms with Crippen molar-refractivity contribution in [1.29, 1.82) is 0 Å². The highest BCUT2D eigenvalue weighted by molar-refractivity contribution is 7.91. The molecule has 8 heteroatoms. The van der Waals surface area contributed by atoms with E-state index in [4.69, 9.17) is 0 Å². The van der Waals surface area contributed by atoms with Gasteiger partial charge in [-0.25, -0.2) is 21.6 Å². The quantitative estimate of drug-likeness (QED) is 0.869. The van der Waals surface area contributed by atoms with Gasteiger partial charge in [0.05, 0.1) is 17.2 Å². The molecule has 0 atom stereocenters. The average Bonchev–Trinajstić information content (AvgIpc) is 2.42. The Balaban J connectivity index is 1.95. The molecule has 0 saturated carbocycles. The summed E-state index contributed by atoms with van der Waals surface area (Å²) in [4.78, 5) is 11.7. The molecule has 21 heavy (non-hydrogen) atoms. The maximum atomic E-state index is 13.4. The molecule has 1 fully saturated rings. The third-order valence-electron chi connectivity index (χ3n) is 3.46. The van der Waals surface area contributed by atoms with E-state index in [2.05, 4.69) is 5.32 Å². The molecule has 1 N–H and O–H groups in total. The van der Waals surface area contributed by atoms with E-state index in [0.29, 0.717) is 12.8 Å². The number of carbonyl (C=O) groups excluding carboxylic acids is 1. The van der Waals surface area contributed by atoms with Gasteiger partial charge >= 0.3 is 0 Å². The van der Waals surface area contributed by atoms with Gasteiger partial charge in [-0.2, -0.15) is 0 Å². The lowest BCUT2D eigenvalue weighted by molar-refractivity contribution is -0.117. The van der Waals surface area contributed by atoms with E-state index in [0.717, 1.165) is 12.1 Å². The fourth-order valence-electron chi connectivity index (χ4n) is 2.23. The van der Waals surface area contributed by atoms with Crippen molar-refractivity contribution in [1.82, 2.24) is 0 Å². The molecule has 1 heterocycles. The summed E-state index contributed by atoms with van der Waals surface area (Å²) in [5.74, 6) is -5.02. The van der Waals surface area contributed by atoms with Crippen LogP contribution in [0.4, 0.5) is 18.9 Å². The molecule has 0 bridgehead atoms. The van der Waals surface area contributed by atoms with Crippen molar-refractivity contribution in [2.24, 2.45) is 5.92 Å². The fraction of sp³-hybridized carbons (Fsp3) is 0.462. The second-order valence-corrected chi connectivity index (χ2v) is 7.37. The van der Waals surface area contributed by atoms with Gasteiger partial charge in [-0.15, -0.1) is 0 Å². The van der Waals surface area contributed by atoms with Gasteiger partial charge in [0.15, 0.2) is 17.5 Å². The van der Waals surface area contributed by atoms with Crippen molar-refractivity contribution in [3.8, 4) is 0 Å². The van der Waals surface area contributed by atoms with Crippen LogP contribution in [-0.4, -0.2) is 25.8 Å². The van der Waals surface area contributed by atoms with E-state index in [1.54, 1.807) is 0 Å². The first kappa shape index (κ1) is 15.8. The molecule has 1 aliphatic rings. The van der Waals surface area contributed by atoms with E-state index in [1.165, 1.54) is 0 Å². The molecule has 1 aliphatic heterocycles. The maximum Gasteiger partial charge on any atom is 0.224 e. The normalized spacial score (nSPS) is 18.4. The molecular formula is C13H14F3NO3S. The summed E-state index contributed by atoms with van der Waals surface area (Å²) in [5, 5.41) is 2.18. The Bertz CT molecular complexity index is 647. The van der Waals surface area contributed by atoms with Gasteiger partial charge in [0.25, 0.3) is 0 Å². The summed E-state index contributed by atoms with van der Waals surface area (Å²) < 4.78 is 61.7. The third-order valence-corrected chi connectivity index (χ3v) is 5.17. The van der Waals surface area contributed by atoms with E-state index in [-0.39, 0.29) is 23.8 Å². The van der Waals surface area contributed by atoms with Gasteiger partial charge in [-0.1, -0.05) is 0 Å². The predicted molar refractivity (Wildman–Crippen MR) is 70.9 cm³/mol. The minimum atomic E-state index is -3.01. The lowest BCUT2D eigenvalue weighted by atomic mass is 9.98. The van der Waals surface area contributed by atoms with Crippen LogP contribution in [-0.2, 0) is 14.6 Å². The number of rotatable bonds is 3. The summed E-state index contributed by atoms with van der Waals surface area (Å²) in [6.45, 7) is 0. The highest BCUT2D eigenvalue weighted by Crippen LogP contribution is 2.24. The number of carbonyl (C=O) groups is 1. The van der Waals surface area contributed by atoms with Gasteiger partial charge in [-0.05, 0) is 30.9 Å². The molecule has 0 unspecified atom stereocenters. The van der Waals surface area contributed by atoms with Gasteiger partial charge in [0.1, 0.15) is 9.84 Å². The number of anilines is 1. The smallest absolute Gasteiger partial charge is 0.224 e. The van der Waals surface area contributed by atoms with Crippen molar-refractivity contribution in [3.63, 3.8) is 0 Å². The molecule has 116 valence electrons. The minimum absolute atomic E-state index is 0.0218. The molecule has 0 radical (unpaired) electrons. The van der Waals surface area contributed by atoms with Crippen molar-refractivity contribution >= 4 is 21.4 Å². The van der Waals surface area contributed by atoms with Gasteiger partial charge in [0.2, 0.25) is 5.91 Å². The topological polar surface area (TPSA) is 63.2 Å². The number of hydrogen-bond acceptors (Lipinski definition) is 3. The molecule has 1 saturated heterocycles. The van der Waals surface area contributed by atoms with Gasteiger partial charge < -0.3 is 5.32 Å². The second kappa shape index (κ2) is 6.05. The summed E-state index contributed by atoms with van der Waals surface area (Å²) >= 11 is 0. The van der Waals surface area contributed by atoms with Crippen LogP contribution in [0.15, 0.2) is 12.1 Å². The summed E-state index contributed by atoms with van der Waals surface area (Å²) in [7, 11) is -3.01. The molecule has 4 nitrogen and oxygen atoms in total. The van der Waals surface area contributed by atoms with E-state index >= 15 is 0 Å². The second-order valence-electron chi connectivity index (χ2n) is 5.07. The molecule has 2 rings (SSSR count). The zero-order chi connectivity index (χ0) is 15.6. The molecule has 0 spiro atoms. The number of nitrogens with one attached hydrogen (secondary N) is 1. The van der Waals surface area contributed by atoms with Crippen LogP contribution in [0.5, 0.6) is 0 Å². The van der Waals surface area contributed by atoms with Crippen molar-refractivity contribution in [2.75, 3.05) is 16.8 Å². The number of sulfone groups is 1. The summed E-state index contributed by atoms with van der Waals surface area (Å²) in [6.07, 6.45) is 0.764. The van der Waals surface area contributed by atoms with Crippen molar-refractivity contribution in [3.05, 3.63) is 29.6 Å². The number of benzene rings is 1. The van der Waals surface area contributed by atoms with Crippen LogP contribution < -0.4 is 5.32 Å². The highest BCUT2D eigenvalue weighted by Gasteiger charge is 2.25. The van der Waals surface area contributed by atoms with Crippen LogP contribution in [0, 0.1) is 23.4 Å². The Morgan fingerprint density at radius 2 is 1.76 bits per heavy atom. The summed E-state index contributed by atoms with van der Waals surface area (Å²) in [6, 6.07) is 1.66. The first-order valence-electron chi connectivity index (χ1n) is 6.42. The minimum Gasteiger partial charge on any atom is -0.323 e. The third kappa shape index (κ3) is 3.96. The lowest BCUT2D eigenvalue weighted by Crippen LogP contribution is -2.26. The first-order valence-corrected chi connectivity index (χ1v) is 8.24. The van der Waals surface area contributed by atoms with Crippen molar-refractivity contribution in [2.45, 2.75) is 19.3 Å². The van der Waals surface area contributed by atoms with Gasteiger partial charge in [-0.3, -0.25) is 4.79 Å². The number of hydrogen-bond donors (Lipinski definition) is 1. The van der Waals surface area contributed by atoms with Crippen molar-refractivity contribution < 1.29 is 26.4 Å². The Morgan fingerprint density at radius 1 is 1.14 bits per heavy atom. The molecular weight excluding hydrogens is 307 g/mol. The van der Waals surface area contributed by atoms with E-state index in [1.807, 2.05) is 0 Å². The first-order chi connectivity index (χ1) is 9.78. The highest BCUT2D eigenvalue weighted by atomic mass is 32.2. The molecule has 1 aromatic carbocycles. The van der Waals surface area contributed by atoms with Crippen LogP contribution in [0.2, 0.25) is 0 Å². The van der Waals surface area contributed by atoms with Crippen LogP contribution >= 0.6 is 0 Å². The molecule has 1 aromatic rings. The Kier molecular flexibility index (Phi) is 4.55. The lowest BCUT2D eigenvalue weighted by Gasteiger charge is -2.21. The van der Waals surface area contributed by atoms with E-state index < -0.39 is 38.9 Å². The van der Waals surface area contributed by atoms with Crippen LogP contribution in [0.3, 0.4) is 0 Å². The van der Waals surface area contributed by atoms with Gasteiger partial charge in [0, 0.05) is 6.42 Å². The maximum absolute atomic E-state index is 13.4. The fourth-order valence-corrected chi connectivity index (χ4v) is 3.82. The standard InChI is InChI=1S/C13H14F3NO3S/c14-9-1-2-10(13(16)12(9)15)17-11(18)7-8-3-5-21(19,20)6-4-8/h1-2,8H,3-7H2,(H,17,18). The molecule has 0 aromatic heterocycles. The largest absolute Gasteiger partial charge is 0.323 e. The zero-order valence-electron chi connectivity index (χ0n) is 11.0. The number of amides is 1. The SMILES string of the molecule is O=C(CC1CCS(=O)(=O)CC1)Nc1ccc(F)c(F)c1F. The van der Waals surface area contributed by atoms with Crippen LogP contribution in [0.25, 0.3) is 0 Å². The van der Waals surface area contributed by atoms with E-state index in [9.17, 15) is 26.4 Å².